The molecule has 2 aromatic carbocycles. The molecule has 1 heterocycles. The molecule has 0 aliphatic carbocycles. The number of benzene rings is 2. The molecule has 1 atom stereocenters. The summed E-state index contributed by atoms with van der Waals surface area (Å²) in [6.45, 7) is 0.389. The van der Waals surface area contributed by atoms with Crippen molar-refractivity contribution in [1.29, 1.82) is 0 Å². The van der Waals surface area contributed by atoms with Crippen molar-refractivity contribution in [2.45, 2.75) is 6.10 Å². The normalized spacial score (nSPS) is 15.8. The first-order chi connectivity index (χ1) is 12.1. The lowest BCUT2D eigenvalue weighted by atomic mass is 10.1. The average molecular weight is 360 g/mol. The van der Waals surface area contributed by atoms with Crippen LogP contribution in [0, 0.1) is 0 Å². The smallest absolute Gasteiger partial charge is 0.262 e. The van der Waals surface area contributed by atoms with Gasteiger partial charge in [0.2, 0.25) is 5.91 Å². The molecule has 0 radical (unpaired) electrons. The Hall–Kier alpha value is -2.73. The van der Waals surface area contributed by atoms with Crippen LogP contribution in [0.2, 0.25) is 5.02 Å². The van der Waals surface area contributed by atoms with E-state index in [9.17, 15) is 9.59 Å². The molecule has 6 nitrogen and oxygen atoms in total. The Morgan fingerprint density at radius 3 is 2.80 bits per heavy atom. The Balaban J connectivity index is 1.75. The molecular formula is C18H18ClN3O3. The van der Waals surface area contributed by atoms with Gasteiger partial charge in [0.05, 0.1) is 18.8 Å². The minimum Gasteiger partial charge on any atom is -0.477 e. The highest BCUT2D eigenvalue weighted by atomic mass is 35.5. The maximum absolute atomic E-state index is 12.4. The van der Waals surface area contributed by atoms with Crippen molar-refractivity contribution >= 4 is 34.8 Å². The van der Waals surface area contributed by atoms with Gasteiger partial charge < -0.3 is 20.3 Å². The molecule has 2 amide bonds. The zero-order chi connectivity index (χ0) is 17.8. The Bertz CT molecular complexity index is 797. The maximum Gasteiger partial charge on any atom is 0.262 e. The third-order valence-corrected chi connectivity index (χ3v) is 4.08. The van der Waals surface area contributed by atoms with Crippen LogP contribution in [0.1, 0.15) is 0 Å². The zero-order valence-corrected chi connectivity index (χ0v) is 14.4. The number of likely N-dealkylation sites (N-methyl/N-ethyl adjacent to an activating group) is 1. The molecular weight excluding hydrogens is 342 g/mol. The molecule has 0 aromatic heterocycles. The van der Waals surface area contributed by atoms with Crippen molar-refractivity contribution in [3.05, 3.63) is 53.6 Å². The third-order valence-electron chi connectivity index (χ3n) is 3.84. The van der Waals surface area contributed by atoms with Gasteiger partial charge in [0.1, 0.15) is 5.75 Å². The molecule has 0 fully saturated rings. The first kappa shape index (κ1) is 17.1. The van der Waals surface area contributed by atoms with Gasteiger partial charge in [-0.1, -0.05) is 29.8 Å². The molecule has 1 aliphatic heterocycles. The second-order valence-corrected chi connectivity index (χ2v) is 6.06. The lowest BCUT2D eigenvalue weighted by molar-refractivity contribution is -0.127. The minimum absolute atomic E-state index is 0.0976. The van der Waals surface area contributed by atoms with Crippen LogP contribution in [0.5, 0.6) is 5.75 Å². The first-order valence-corrected chi connectivity index (χ1v) is 8.22. The van der Waals surface area contributed by atoms with Crippen LogP contribution in [0.3, 0.4) is 0 Å². The molecule has 25 heavy (non-hydrogen) atoms. The molecule has 0 spiro atoms. The number of anilines is 2. The second kappa shape index (κ2) is 7.44. The summed E-state index contributed by atoms with van der Waals surface area (Å²) in [6, 6.07) is 14.3. The average Bonchev–Trinajstić information content (AvgIpc) is 2.60. The Morgan fingerprint density at radius 2 is 2.04 bits per heavy atom. The van der Waals surface area contributed by atoms with Gasteiger partial charge in [0, 0.05) is 17.8 Å². The van der Waals surface area contributed by atoms with Crippen LogP contribution in [-0.4, -0.2) is 38.1 Å². The van der Waals surface area contributed by atoms with E-state index >= 15 is 0 Å². The summed E-state index contributed by atoms with van der Waals surface area (Å²) in [5.41, 5.74) is 1.41. The van der Waals surface area contributed by atoms with Gasteiger partial charge in [0.25, 0.3) is 5.91 Å². The van der Waals surface area contributed by atoms with Gasteiger partial charge in [0.15, 0.2) is 6.10 Å². The number of nitrogens with one attached hydrogen (secondary N) is 2. The largest absolute Gasteiger partial charge is 0.477 e. The van der Waals surface area contributed by atoms with Gasteiger partial charge in [-0.25, -0.2) is 0 Å². The molecule has 2 aromatic rings. The second-order valence-electron chi connectivity index (χ2n) is 5.63. The summed E-state index contributed by atoms with van der Waals surface area (Å²) in [5, 5.41) is 5.94. The minimum atomic E-state index is -0.668. The van der Waals surface area contributed by atoms with E-state index in [4.69, 9.17) is 16.3 Å². The highest BCUT2D eigenvalue weighted by Gasteiger charge is 2.30. The van der Waals surface area contributed by atoms with E-state index in [-0.39, 0.29) is 18.4 Å². The van der Waals surface area contributed by atoms with E-state index in [0.29, 0.717) is 23.0 Å². The van der Waals surface area contributed by atoms with Crippen LogP contribution in [0.15, 0.2) is 48.5 Å². The number of nitrogens with zero attached hydrogens (tertiary/aromatic N) is 1. The molecule has 7 heteroatoms. The van der Waals surface area contributed by atoms with Gasteiger partial charge in [-0.3, -0.25) is 9.59 Å². The lowest BCUT2D eigenvalue weighted by Gasteiger charge is -2.34. The summed E-state index contributed by atoms with van der Waals surface area (Å²) >= 11 is 5.93. The van der Waals surface area contributed by atoms with Crippen molar-refractivity contribution in [1.82, 2.24) is 5.32 Å². The van der Waals surface area contributed by atoms with Crippen LogP contribution in [-0.2, 0) is 9.59 Å². The Kier molecular flexibility index (Phi) is 5.09. The third kappa shape index (κ3) is 4.03. The number of carbonyl (C=O) groups is 2. The molecule has 0 unspecified atom stereocenters. The molecule has 2 N–H and O–H groups in total. The molecule has 0 saturated heterocycles. The first-order valence-electron chi connectivity index (χ1n) is 7.84. The van der Waals surface area contributed by atoms with E-state index in [1.807, 2.05) is 23.1 Å². The topological polar surface area (TPSA) is 70.7 Å². The molecule has 0 bridgehead atoms. The van der Waals surface area contributed by atoms with Crippen molar-refractivity contribution in [3.63, 3.8) is 0 Å². The lowest BCUT2D eigenvalue weighted by Crippen LogP contribution is -2.50. The predicted octanol–water partition coefficient (Wildman–Crippen LogP) is 2.29. The SMILES string of the molecule is CNC(=O)[C@@H]1CN(CC(=O)Nc2cccc(Cl)c2)c2ccccc2O1. The number of para-hydroxylation sites is 2. The number of halogens is 1. The summed E-state index contributed by atoms with van der Waals surface area (Å²) in [6.07, 6.45) is -0.668. The molecule has 0 saturated carbocycles. The Labute approximate surface area is 150 Å². The van der Waals surface area contributed by atoms with E-state index in [1.165, 1.54) is 0 Å². The van der Waals surface area contributed by atoms with Crippen molar-refractivity contribution in [3.8, 4) is 5.75 Å². The summed E-state index contributed by atoms with van der Waals surface area (Å²) in [4.78, 5) is 26.2. The van der Waals surface area contributed by atoms with Crippen LogP contribution < -0.4 is 20.3 Å². The molecule has 3 rings (SSSR count). The summed E-state index contributed by atoms with van der Waals surface area (Å²) in [5.74, 6) is 0.155. The van der Waals surface area contributed by atoms with E-state index in [0.717, 1.165) is 5.69 Å². The van der Waals surface area contributed by atoms with E-state index in [2.05, 4.69) is 10.6 Å². The Morgan fingerprint density at radius 1 is 1.24 bits per heavy atom. The maximum atomic E-state index is 12.4. The molecule has 130 valence electrons. The number of hydrogen-bond donors (Lipinski definition) is 2. The fraction of sp³-hybridized carbons (Fsp3) is 0.222. The van der Waals surface area contributed by atoms with Gasteiger partial charge in [-0.2, -0.15) is 0 Å². The van der Waals surface area contributed by atoms with Crippen molar-refractivity contribution in [2.24, 2.45) is 0 Å². The van der Waals surface area contributed by atoms with E-state index < -0.39 is 6.10 Å². The van der Waals surface area contributed by atoms with Crippen LogP contribution in [0.4, 0.5) is 11.4 Å². The summed E-state index contributed by atoms with van der Waals surface area (Å²) < 4.78 is 5.73. The van der Waals surface area contributed by atoms with E-state index in [1.54, 1.807) is 37.4 Å². The number of amides is 2. The fourth-order valence-electron chi connectivity index (χ4n) is 2.69. The van der Waals surface area contributed by atoms with Crippen LogP contribution >= 0.6 is 11.6 Å². The highest BCUT2D eigenvalue weighted by Crippen LogP contribution is 2.33. The van der Waals surface area contributed by atoms with Gasteiger partial charge >= 0.3 is 0 Å². The van der Waals surface area contributed by atoms with Crippen molar-refractivity contribution < 1.29 is 14.3 Å². The van der Waals surface area contributed by atoms with Crippen LogP contribution in [0.25, 0.3) is 0 Å². The number of hydrogen-bond acceptors (Lipinski definition) is 4. The zero-order valence-electron chi connectivity index (χ0n) is 13.7. The number of fused-ring (bicyclic) bond motifs is 1. The van der Waals surface area contributed by atoms with Crippen molar-refractivity contribution in [2.75, 3.05) is 30.4 Å². The number of carbonyl (C=O) groups excluding carboxylic acids is 2. The standard InChI is InChI=1S/C18H18ClN3O3/c1-20-18(24)16-10-22(14-7-2-3-8-15(14)25-16)11-17(23)21-13-6-4-5-12(19)9-13/h2-9,16H,10-11H2,1H3,(H,20,24)(H,21,23)/t16-/m0/s1. The number of ether oxygens (including phenoxy) is 1. The fourth-order valence-corrected chi connectivity index (χ4v) is 2.88. The summed E-state index contributed by atoms with van der Waals surface area (Å²) in [7, 11) is 1.56. The monoisotopic (exact) mass is 359 g/mol. The number of rotatable bonds is 4. The quantitative estimate of drug-likeness (QED) is 0.878. The molecule has 1 aliphatic rings. The van der Waals surface area contributed by atoms with Gasteiger partial charge in [-0.15, -0.1) is 0 Å². The highest BCUT2D eigenvalue weighted by molar-refractivity contribution is 6.30. The predicted molar refractivity (Wildman–Crippen MR) is 97.2 cm³/mol. The van der Waals surface area contributed by atoms with Gasteiger partial charge in [-0.05, 0) is 30.3 Å².